The second-order valence-corrected chi connectivity index (χ2v) is 9.41. The topological polar surface area (TPSA) is 61.5 Å². The molecule has 1 aliphatic heterocycles. The lowest BCUT2D eigenvalue weighted by molar-refractivity contribution is 0.292. The zero-order chi connectivity index (χ0) is 24.9. The van der Waals surface area contributed by atoms with Gasteiger partial charge in [0, 0.05) is 11.5 Å². The number of aromatic nitrogens is 4. The fraction of sp³-hybridized carbons (Fsp3) is 0.129. The fourth-order valence-electron chi connectivity index (χ4n) is 5.35. The minimum atomic E-state index is -0.112. The molecular weight excluding hydrogens is 460 g/mol. The number of hydrogen-bond donors (Lipinski definition) is 0. The van der Waals surface area contributed by atoms with E-state index < -0.39 is 0 Å². The number of aryl methyl sites for hydroxylation is 2. The third kappa shape index (κ3) is 3.52. The van der Waals surface area contributed by atoms with Gasteiger partial charge in [0.2, 0.25) is 5.88 Å². The normalized spacial score (nSPS) is 14.3. The van der Waals surface area contributed by atoms with Crippen molar-refractivity contribution in [3.8, 4) is 17.4 Å². The molecule has 6 nitrogen and oxygen atoms in total. The van der Waals surface area contributed by atoms with Gasteiger partial charge in [-0.1, -0.05) is 78.9 Å². The van der Waals surface area contributed by atoms with E-state index in [1.807, 2.05) is 44.2 Å². The van der Waals surface area contributed by atoms with Crippen LogP contribution in [0, 0.1) is 13.8 Å². The van der Waals surface area contributed by atoms with E-state index in [1.165, 1.54) is 5.39 Å². The van der Waals surface area contributed by atoms with Crippen LogP contribution in [0.25, 0.3) is 16.4 Å². The highest BCUT2D eigenvalue weighted by Gasteiger charge is 2.34. The van der Waals surface area contributed by atoms with Crippen LogP contribution in [0.15, 0.2) is 91.3 Å². The smallest absolute Gasteiger partial charge is 0.228 e. The van der Waals surface area contributed by atoms with Crippen molar-refractivity contribution in [2.75, 3.05) is 0 Å². The van der Waals surface area contributed by atoms with Crippen molar-refractivity contribution in [3.05, 3.63) is 125 Å². The molecule has 0 fully saturated rings. The summed E-state index contributed by atoms with van der Waals surface area (Å²) in [7, 11) is 0. The van der Waals surface area contributed by atoms with Gasteiger partial charge >= 0.3 is 0 Å². The monoisotopic (exact) mass is 484 g/mol. The molecule has 2 aromatic heterocycles. The lowest BCUT2D eigenvalue weighted by Gasteiger charge is -2.29. The van der Waals surface area contributed by atoms with Crippen LogP contribution >= 0.6 is 0 Å². The number of para-hydroxylation sites is 1. The summed E-state index contributed by atoms with van der Waals surface area (Å²) in [6.07, 6.45) is 1.66. The molecule has 1 unspecified atom stereocenters. The highest BCUT2D eigenvalue weighted by atomic mass is 16.5. The van der Waals surface area contributed by atoms with Crippen LogP contribution in [0.1, 0.15) is 39.6 Å². The van der Waals surface area contributed by atoms with Gasteiger partial charge in [-0.3, -0.25) is 0 Å². The summed E-state index contributed by atoms with van der Waals surface area (Å²) in [5.74, 6) is 2.72. The molecular formula is C31H24N4O2. The lowest BCUT2D eigenvalue weighted by Crippen LogP contribution is -2.15. The van der Waals surface area contributed by atoms with Gasteiger partial charge in [0.05, 0.1) is 5.56 Å². The van der Waals surface area contributed by atoms with Gasteiger partial charge in [-0.2, -0.15) is 0 Å². The van der Waals surface area contributed by atoms with E-state index in [0.717, 1.165) is 50.3 Å². The van der Waals surface area contributed by atoms with Crippen molar-refractivity contribution in [2.45, 2.75) is 26.4 Å². The summed E-state index contributed by atoms with van der Waals surface area (Å²) in [5, 5.41) is 7.02. The van der Waals surface area contributed by atoms with Crippen molar-refractivity contribution in [1.29, 1.82) is 0 Å². The summed E-state index contributed by atoms with van der Waals surface area (Å²) in [6, 6.07) is 29.1. The van der Waals surface area contributed by atoms with E-state index in [9.17, 15) is 0 Å². The molecule has 0 spiro atoms. The molecule has 0 amide bonds. The van der Waals surface area contributed by atoms with E-state index in [4.69, 9.17) is 19.6 Å². The van der Waals surface area contributed by atoms with E-state index in [-0.39, 0.29) is 12.5 Å². The van der Waals surface area contributed by atoms with Gasteiger partial charge in [0.15, 0.2) is 11.5 Å². The number of benzene rings is 4. The zero-order valence-corrected chi connectivity index (χ0v) is 20.6. The molecule has 6 aromatic rings. The van der Waals surface area contributed by atoms with E-state index in [0.29, 0.717) is 11.7 Å². The van der Waals surface area contributed by atoms with Crippen molar-refractivity contribution >= 4 is 16.4 Å². The van der Waals surface area contributed by atoms with Gasteiger partial charge < -0.3 is 9.47 Å². The van der Waals surface area contributed by atoms with Crippen molar-refractivity contribution < 1.29 is 9.47 Å². The van der Waals surface area contributed by atoms with Crippen LogP contribution in [0.3, 0.4) is 0 Å². The Morgan fingerprint density at radius 2 is 1.62 bits per heavy atom. The van der Waals surface area contributed by atoms with Crippen molar-refractivity contribution in [1.82, 2.24) is 19.6 Å². The molecule has 0 saturated heterocycles. The molecule has 1 aliphatic rings. The minimum Gasteiger partial charge on any atom is -0.485 e. The molecule has 4 aromatic carbocycles. The van der Waals surface area contributed by atoms with E-state index >= 15 is 0 Å². The van der Waals surface area contributed by atoms with Crippen LogP contribution < -0.4 is 9.47 Å². The predicted molar refractivity (Wildman–Crippen MR) is 142 cm³/mol. The number of nitrogens with zero attached hydrogens (tertiary/aromatic N) is 4. The minimum absolute atomic E-state index is 0.112. The number of fused-ring (bicyclic) bond motifs is 6. The Balaban J connectivity index is 1.39. The number of rotatable bonds is 4. The Hall–Kier alpha value is -4.71. The van der Waals surface area contributed by atoms with Gasteiger partial charge in [0.25, 0.3) is 0 Å². The molecule has 0 bridgehead atoms. The maximum Gasteiger partial charge on any atom is 0.228 e. The second kappa shape index (κ2) is 8.45. The van der Waals surface area contributed by atoms with Crippen LogP contribution in [0.4, 0.5) is 0 Å². The van der Waals surface area contributed by atoms with E-state index in [1.54, 1.807) is 10.8 Å². The Morgan fingerprint density at radius 3 is 2.46 bits per heavy atom. The average Bonchev–Trinajstić information content (AvgIpc) is 3.35. The Morgan fingerprint density at radius 1 is 0.838 bits per heavy atom. The predicted octanol–water partition coefficient (Wildman–Crippen LogP) is 6.76. The third-order valence-corrected chi connectivity index (χ3v) is 7.03. The Bertz CT molecular complexity index is 1770. The summed E-state index contributed by atoms with van der Waals surface area (Å²) in [6.45, 7) is 4.35. The number of hydrogen-bond acceptors (Lipinski definition) is 5. The van der Waals surface area contributed by atoms with Crippen LogP contribution in [-0.4, -0.2) is 19.6 Å². The third-order valence-electron chi connectivity index (χ3n) is 7.03. The second-order valence-electron chi connectivity index (χ2n) is 9.41. The standard InChI is InChI=1S/C31H24N4O2/c1-19-9-8-10-20(2)29(19)36-17-25-33-30-28-26(22-12-4-3-5-13-22)27-23-14-7-6-11-21(23)15-16-24(27)37-31(28)32-18-35(30)34-25/h3-16,18,26H,17H2,1-2H3. The molecule has 180 valence electrons. The SMILES string of the molecule is Cc1cccc(C)c1OCc1nc2c3c(ncn2n1)Oc1ccc2ccccc2c1C3c1ccccc1. The lowest BCUT2D eigenvalue weighted by atomic mass is 9.81. The molecule has 37 heavy (non-hydrogen) atoms. The Labute approximate surface area is 214 Å². The molecule has 6 heteroatoms. The highest BCUT2D eigenvalue weighted by Crippen LogP contribution is 2.50. The van der Waals surface area contributed by atoms with Crippen molar-refractivity contribution in [3.63, 3.8) is 0 Å². The van der Waals surface area contributed by atoms with Crippen LogP contribution in [0.5, 0.6) is 17.4 Å². The van der Waals surface area contributed by atoms with Gasteiger partial charge in [-0.25, -0.2) is 14.5 Å². The molecule has 0 aliphatic carbocycles. The summed E-state index contributed by atoms with van der Waals surface area (Å²) in [4.78, 5) is 9.60. The fourth-order valence-corrected chi connectivity index (χ4v) is 5.35. The first-order valence-electron chi connectivity index (χ1n) is 12.3. The summed E-state index contributed by atoms with van der Waals surface area (Å²) >= 11 is 0. The van der Waals surface area contributed by atoms with Crippen LogP contribution in [0.2, 0.25) is 0 Å². The first kappa shape index (κ1) is 21.6. The van der Waals surface area contributed by atoms with E-state index in [2.05, 4.69) is 59.6 Å². The molecule has 0 radical (unpaired) electrons. The largest absolute Gasteiger partial charge is 0.485 e. The zero-order valence-electron chi connectivity index (χ0n) is 20.6. The quantitative estimate of drug-likeness (QED) is 0.276. The molecule has 0 saturated carbocycles. The maximum absolute atomic E-state index is 6.39. The van der Waals surface area contributed by atoms with Crippen molar-refractivity contribution in [2.24, 2.45) is 0 Å². The summed E-state index contributed by atoms with van der Waals surface area (Å²) in [5.41, 5.74) is 6.06. The van der Waals surface area contributed by atoms with Crippen LogP contribution in [-0.2, 0) is 6.61 Å². The summed E-state index contributed by atoms with van der Waals surface area (Å²) < 4.78 is 14.3. The molecule has 0 N–H and O–H groups in total. The first-order chi connectivity index (χ1) is 18.2. The Kier molecular flexibility index (Phi) is 4.92. The molecule has 3 heterocycles. The van der Waals surface area contributed by atoms with Gasteiger partial charge in [-0.15, -0.1) is 5.10 Å². The molecule has 7 rings (SSSR count). The average molecular weight is 485 g/mol. The highest BCUT2D eigenvalue weighted by molar-refractivity contribution is 5.90. The maximum atomic E-state index is 6.39. The van der Waals surface area contributed by atoms with Gasteiger partial charge in [0.1, 0.15) is 24.4 Å². The number of ether oxygens (including phenoxy) is 2. The molecule has 1 atom stereocenters. The van der Waals surface area contributed by atoms with Gasteiger partial charge in [-0.05, 0) is 47.4 Å². The first-order valence-corrected chi connectivity index (χ1v) is 12.3.